The predicted molar refractivity (Wildman–Crippen MR) is 125 cm³/mol. The van der Waals surface area contributed by atoms with Gasteiger partial charge >= 0.3 is 5.97 Å². The van der Waals surface area contributed by atoms with E-state index in [9.17, 15) is 18.0 Å². The molecule has 1 aliphatic heterocycles. The minimum absolute atomic E-state index is 0.0428. The number of esters is 1. The van der Waals surface area contributed by atoms with Gasteiger partial charge in [0.15, 0.2) is 6.10 Å². The Bertz CT molecular complexity index is 1110. The molecule has 1 amide bonds. The van der Waals surface area contributed by atoms with E-state index in [0.29, 0.717) is 30.4 Å². The second-order valence-electron chi connectivity index (χ2n) is 8.31. The molecular weight excluding hydrogens is 444 g/mol. The molecule has 178 valence electrons. The highest BCUT2D eigenvalue weighted by atomic mass is 32.2. The van der Waals surface area contributed by atoms with Crippen LogP contribution in [-0.4, -0.2) is 57.0 Å². The number of benzene rings is 2. The minimum atomic E-state index is -3.78. The van der Waals surface area contributed by atoms with Gasteiger partial charge in [-0.25, -0.2) is 13.2 Å². The molecule has 0 radical (unpaired) electrons. The normalized spacial score (nSPS) is 15.8. The number of hydrogen-bond acceptors (Lipinski definition) is 6. The highest BCUT2D eigenvalue weighted by Crippen LogP contribution is 2.23. The Morgan fingerprint density at radius 3 is 2.27 bits per heavy atom. The predicted octanol–water partition coefficient (Wildman–Crippen LogP) is 3.32. The number of ether oxygens (including phenoxy) is 2. The topological polar surface area (TPSA) is 102 Å². The summed E-state index contributed by atoms with van der Waals surface area (Å²) >= 11 is 0. The lowest BCUT2D eigenvalue weighted by Gasteiger charge is -2.26. The molecule has 0 aromatic heterocycles. The number of carbonyl (C=O) groups excluding carboxylic acids is 2. The first-order valence-electron chi connectivity index (χ1n) is 10.9. The molecule has 33 heavy (non-hydrogen) atoms. The van der Waals surface area contributed by atoms with Gasteiger partial charge in [-0.05, 0) is 55.2 Å². The number of amides is 1. The summed E-state index contributed by atoms with van der Waals surface area (Å²) in [7, 11) is -3.78. The van der Waals surface area contributed by atoms with Gasteiger partial charge in [-0.15, -0.1) is 0 Å². The second kappa shape index (κ2) is 10.5. The van der Waals surface area contributed by atoms with Gasteiger partial charge in [0.1, 0.15) is 0 Å². The van der Waals surface area contributed by atoms with Crippen LogP contribution in [0.25, 0.3) is 0 Å². The van der Waals surface area contributed by atoms with Gasteiger partial charge in [0, 0.05) is 18.8 Å². The van der Waals surface area contributed by atoms with Crippen molar-refractivity contribution in [2.24, 2.45) is 0 Å². The fourth-order valence-electron chi connectivity index (χ4n) is 3.41. The Morgan fingerprint density at radius 1 is 1.03 bits per heavy atom. The summed E-state index contributed by atoms with van der Waals surface area (Å²) in [6.07, 6.45) is -1.07. The molecule has 0 saturated carbocycles. The van der Waals surface area contributed by atoms with Crippen LogP contribution < -0.4 is 5.32 Å². The zero-order valence-corrected chi connectivity index (χ0v) is 20.1. The van der Waals surface area contributed by atoms with Crippen molar-refractivity contribution in [3.05, 3.63) is 59.2 Å². The van der Waals surface area contributed by atoms with Crippen LogP contribution in [-0.2, 0) is 24.3 Å². The quantitative estimate of drug-likeness (QED) is 0.618. The van der Waals surface area contributed by atoms with Crippen molar-refractivity contribution in [3.8, 4) is 0 Å². The number of nitrogens with zero attached hydrogens (tertiary/aromatic N) is 1. The molecule has 1 heterocycles. The smallest absolute Gasteiger partial charge is 0.338 e. The van der Waals surface area contributed by atoms with Crippen LogP contribution >= 0.6 is 0 Å². The molecule has 1 saturated heterocycles. The van der Waals surface area contributed by atoms with E-state index < -0.39 is 28.0 Å². The largest absolute Gasteiger partial charge is 0.449 e. The van der Waals surface area contributed by atoms with E-state index in [0.717, 1.165) is 5.56 Å². The van der Waals surface area contributed by atoms with Gasteiger partial charge in [-0.1, -0.05) is 32.0 Å². The first-order chi connectivity index (χ1) is 15.6. The molecular formula is C24H30N2O6S. The number of carbonyl (C=O) groups is 2. The monoisotopic (exact) mass is 474 g/mol. The van der Waals surface area contributed by atoms with Crippen LogP contribution in [0, 0.1) is 6.92 Å². The summed E-state index contributed by atoms with van der Waals surface area (Å²) in [6, 6.07) is 11.8. The molecule has 2 aromatic rings. The summed E-state index contributed by atoms with van der Waals surface area (Å²) in [5.74, 6) is -0.874. The van der Waals surface area contributed by atoms with Crippen molar-refractivity contribution in [1.29, 1.82) is 0 Å². The molecule has 1 aliphatic rings. The Hall–Kier alpha value is -2.75. The summed E-state index contributed by atoms with van der Waals surface area (Å²) < 4.78 is 38.0. The molecule has 9 heteroatoms. The van der Waals surface area contributed by atoms with Gasteiger partial charge < -0.3 is 14.8 Å². The lowest BCUT2D eigenvalue weighted by molar-refractivity contribution is -0.123. The third-order valence-electron chi connectivity index (χ3n) is 5.51. The maximum absolute atomic E-state index is 13.0. The molecule has 1 N–H and O–H groups in total. The van der Waals surface area contributed by atoms with E-state index in [1.807, 2.05) is 12.1 Å². The maximum Gasteiger partial charge on any atom is 0.338 e. The van der Waals surface area contributed by atoms with E-state index in [-0.39, 0.29) is 23.5 Å². The zero-order chi connectivity index (χ0) is 24.2. The lowest BCUT2D eigenvalue weighted by atomic mass is 10.0. The zero-order valence-electron chi connectivity index (χ0n) is 19.3. The van der Waals surface area contributed by atoms with Crippen molar-refractivity contribution < 1.29 is 27.5 Å². The number of sulfonamides is 1. The van der Waals surface area contributed by atoms with E-state index in [4.69, 9.17) is 9.47 Å². The number of hydrogen-bond donors (Lipinski definition) is 1. The number of morpholine rings is 1. The van der Waals surface area contributed by atoms with Crippen molar-refractivity contribution >= 4 is 27.6 Å². The summed E-state index contributed by atoms with van der Waals surface area (Å²) in [5.41, 5.74) is 2.33. The molecule has 1 fully saturated rings. The SMILES string of the molecule is Cc1ccc(C(=O)OC(C)C(=O)Nc2ccc(C(C)C)cc2)cc1S(=O)(=O)N1CCOCC1. The van der Waals surface area contributed by atoms with Gasteiger partial charge in [-0.2, -0.15) is 4.31 Å². The Kier molecular flexibility index (Phi) is 7.88. The van der Waals surface area contributed by atoms with Crippen LogP contribution in [0.2, 0.25) is 0 Å². The van der Waals surface area contributed by atoms with Crippen LogP contribution in [0.4, 0.5) is 5.69 Å². The molecule has 0 spiro atoms. The average Bonchev–Trinajstić information content (AvgIpc) is 2.80. The van der Waals surface area contributed by atoms with Crippen LogP contribution in [0.1, 0.15) is 48.2 Å². The highest BCUT2D eigenvalue weighted by Gasteiger charge is 2.29. The summed E-state index contributed by atoms with van der Waals surface area (Å²) in [4.78, 5) is 25.2. The third kappa shape index (κ3) is 5.98. The maximum atomic E-state index is 13.0. The van der Waals surface area contributed by atoms with Gasteiger partial charge in [0.25, 0.3) is 5.91 Å². The molecule has 2 aromatic carbocycles. The van der Waals surface area contributed by atoms with Gasteiger partial charge in [-0.3, -0.25) is 4.79 Å². The Labute approximate surface area is 194 Å². The number of nitrogens with one attached hydrogen (secondary N) is 1. The van der Waals surface area contributed by atoms with E-state index in [1.54, 1.807) is 25.1 Å². The Morgan fingerprint density at radius 2 is 1.67 bits per heavy atom. The molecule has 0 aliphatic carbocycles. The minimum Gasteiger partial charge on any atom is -0.449 e. The van der Waals surface area contributed by atoms with Crippen LogP contribution in [0.5, 0.6) is 0 Å². The first kappa shape index (κ1) is 24.9. The number of aryl methyl sites for hydroxylation is 1. The van der Waals surface area contributed by atoms with Gasteiger partial charge in [0.2, 0.25) is 10.0 Å². The summed E-state index contributed by atoms with van der Waals surface area (Å²) in [6.45, 7) is 8.46. The molecule has 8 nitrogen and oxygen atoms in total. The molecule has 0 bridgehead atoms. The Balaban J connectivity index is 1.69. The van der Waals surface area contributed by atoms with E-state index in [1.165, 1.54) is 23.4 Å². The third-order valence-corrected chi connectivity index (χ3v) is 7.55. The average molecular weight is 475 g/mol. The second-order valence-corrected chi connectivity index (χ2v) is 10.2. The van der Waals surface area contributed by atoms with E-state index >= 15 is 0 Å². The van der Waals surface area contributed by atoms with E-state index in [2.05, 4.69) is 19.2 Å². The fourth-order valence-corrected chi connectivity index (χ4v) is 5.07. The fraction of sp³-hybridized carbons (Fsp3) is 0.417. The number of anilines is 1. The summed E-state index contributed by atoms with van der Waals surface area (Å²) in [5, 5.41) is 2.72. The van der Waals surface area contributed by atoms with Crippen LogP contribution in [0.3, 0.4) is 0 Å². The first-order valence-corrected chi connectivity index (χ1v) is 12.3. The number of rotatable bonds is 7. The molecule has 1 atom stereocenters. The molecule has 1 unspecified atom stereocenters. The molecule has 3 rings (SSSR count). The van der Waals surface area contributed by atoms with Crippen molar-refractivity contribution in [3.63, 3.8) is 0 Å². The lowest BCUT2D eigenvalue weighted by Crippen LogP contribution is -2.40. The standard InChI is InChI=1S/C24H30N2O6S/c1-16(2)19-7-9-21(10-8-19)25-23(27)18(4)32-24(28)20-6-5-17(3)22(15-20)33(29,30)26-11-13-31-14-12-26/h5-10,15-16,18H,11-14H2,1-4H3,(H,25,27). The van der Waals surface area contributed by atoms with Gasteiger partial charge in [0.05, 0.1) is 23.7 Å². The van der Waals surface area contributed by atoms with Crippen molar-refractivity contribution in [2.75, 3.05) is 31.6 Å². The van der Waals surface area contributed by atoms with Crippen molar-refractivity contribution in [1.82, 2.24) is 4.31 Å². The van der Waals surface area contributed by atoms with Crippen molar-refractivity contribution in [2.45, 2.75) is 44.6 Å². The van der Waals surface area contributed by atoms with Crippen LogP contribution in [0.15, 0.2) is 47.4 Å². The highest BCUT2D eigenvalue weighted by molar-refractivity contribution is 7.89.